The van der Waals surface area contributed by atoms with Crippen LogP contribution in [-0.4, -0.2) is 50.7 Å². The highest BCUT2D eigenvalue weighted by molar-refractivity contribution is 6.74. The second-order valence-electron chi connectivity index (χ2n) is 7.30. The van der Waals surface area contributed by atoms with E-state index in [-0.39, 0.29) is 17.4 Å². The van der Waals surface area contributed by atoms with Crippen LogP contribution in [0.15, 0.2) is 0 Å². The highest BCUT2D eigenvalue weighted by Gasteiger charge is 2.37. The van der Waals surface area contributed by atoms with Crippen molar-refractivity contribution in [2.45, 2.75) is 70.3 Å². The van der Waals surface area contributed by atoms with Gasteiger partial charge in [-0.3, -0.25) is 4.79 Å². The molecular weight excluding hydrogens is 302 g/mol. The SMILES string of the molecule is CC(C)(C)[Si](C)(C)OCC[C@@H](NC(=O)[C@H]1CCCO1)C(=O)O. The summed E-state index contributed by atoms with van der Waals surface area (Å²) in [7, 11) is -1.90. The van der Waals surface area contributed by atoms with Gasteiger partial charge in [0, 0.05) is 19.6 Å². The topological polar surface area (TPSA) is 84.9 Å². The first-order valence-electron chi connectivity index (χ1n) is 7.83. The molecule has 7 heteroatoms. The molecule has 0 radical (unpaired) electrons. The monoisotopic (exact) mass is 331 g/mol. The number of nitrogens with one attached hydrogen (secondary N) is 1. The van der Waals surface area contributed by atoms with Gasteiger partial charge in [-0.15, -0.1) is 0 Å². The fourth-order valence-electron chi connectivity index (χ4n) is 1.95. The number of amides is 1. The van der Waals surface area contributed by atoms with Crippen molar-refractivity contribution in [3.05, 3.63) is 0 Å². The molecule has 0 aromatic rings. The van der Waals surface area contributed by atoms with Crippen LogP contribution in [0.4, 0.5) is 0 Å². The van der Waals surface area contributed by atoms with Gasteiger partial charge in [-0.1, -0.05) is 20.8 Å². The first kappa shape index (κ1) is 19.1. The lowest BCUT2D eigenvalue weighted by Gasteiger charge is -2.36. The van der Waals surface area contributed by atoms with Gasteiger partial charge in [0.05, 0.1) is 0 Å². The van der Waals surface area contributed by atoms with Crippen molar-refractivity contribution in [2.75, 3.05) is 13.2 Å². The Labute approximate surface area is 133 Å². The van der Waals surface area contributed by atoms with E-state index in [2.05, 4.69) is 39.2 Å². The molecule has 2 atom stereocenters. The van der Waals surface area contributed by atoms with E-state index in [9.17, 15) is 14.7 Å². The zero-order chi connectivity index (χ0) is 17.0. The van der Waals surface area contributed by atoms with E-state index in [0.717, 1.165) is 6.42 Å². The quantitative estimate of drug-likeness (QED) is 0.698. The lowest BCUT2D eigenvalue weighted by atomic mass is 10.2. The lowest BCUT2D eigenvalue weighted by Crippen LogP contribution is -2.47. The van der Waals surface area contributed by atoms with Crippen LogP contribution in [0.1, 0.15) is 40.0 Å². The van der Waals surface area contributed by atoms with Gasteiger partial charge >= 0.3 is 5.97 Å². The van der Waals surface area contributed by atoms with Crippen LogP contribution < -0.4 is 5.32 Å². The summed E-state index contributed by atoms with van der Waals surface area (Å²) in [6, 6.07) is -0.929. The van der Waals surface area contributed by atoms with Crippen LogP contribution in [-0.2, 0) is 18.8 Å². The highest BCUT2D eigenvalue weighted by Crippen LogP contribution is 2.36. The second-order valence-corrected chi connectivity index (χ2v) is 12.1. The summed E-state index contributed by atoms with van der Waals surface area (Å²) in [6.45, 7) is 11.5. The molecule has 1 fully saturated rings. The van der Waals surface area contributed by atoms with Crippen LogP contribution in [0, 0.1) is 0 Å². The van der Waals surface area contributed by atoms with Crippen molar-refractivity contribution in [3.63, 3.8) is 0 Å². The van der Waals surface area contributed by atoms with E-state index in [4.69, 9.17) is 9.16 Å². The van der Waals surface area contributed by atoms with Crippen molar-refractivity contribution >= 4 is 20.2 Å². The van der Waals surface area contributed by atoms with Crippen molar-refractivity contribution in [1.29, 1.82) is 0 Å². The van der Waals surface area contributed by atoms with Crippen molar-refractivity contribution in [3.8, 4) is 0 Å². The number of rotatable bonds is 7. The Bertz CT molecular complexity index is 399. The maximum absolute atomic E-state index is 11.9. The highest BCUT2D eigenvalue weighted by atomic mass is 28.4. The number of carboxylic acids is 1. The Morgan fingerprint density at radius 1 is 1.41 bits per heavy atom. The number of carboxylic acid groups (broad SMARTS) is 1. The summed E-state index contributed by atoms with van der Waals surface area (Å²) in [5.74, 6) is -1.37. The van der Waals surface area contributed by atoms with Gasteiger partial charge < -0.3 is 19.6 Å². The minimum absolute atomic E-state index is 0.0760. The van der Waals surface area contributed by atoms with Gasteiger partial charge in [0.1, 0.15) is 12.1 Å². The normalized spacial score (nSPS) is 20.7. The maximum Gasteiger partial charge on any atom is 0.326 e. The molecule has 1 saturated heterocycles. The number of carbonyl (C=O) groups is 2. The molecule has 0 aromatic carbocycles. The molecular formula is C15H29NO5Si. The Morgan fingerprint density at radius 3 is 2.50 bits per heavy atom. The molecule has 2 N–H and O–H groups in total. The molecule has 1 amide bonds. The Balaban J connectivity index is 2.48. The summed E-state index contributed by atoms with van der Waals surface area (Å²) in [4.78, 5) is 23.3. The van der Waals surface area contributed by atoms with Crippen LogP contribution in [0.2, 0.25) is 18.1 Å². The van der Waals surface area contributed by atoms with Gasteiger partial charge in [0.2, 0.25) is 5.91 Å². The third-order valence-electron chi connectivity index (χ3n) is 4.51. The fraction of sp³-hybridized carbons (Fsp3) is 0.867. The van der Waals surface area contributed by atoms with E-state index < -0.39 is 26.4 Å². The molecule has 22 heavy (non-hydrogen) atoms. The summed E-state index contributed by atoms with van der Waals surface area (Å²) < 4.78 is 11.2. The molecule has 1 rings (SSSR count). The molecule has 0 aliphatic carbocycles. The first-order chi connectivity index (χ1) is 10.0. The summed E-state index contributed by atoms with van der Waals surface area (Å²) in [6.07, 6.45) is 1.24. The zero-order valence-electron chi connectivity index (χ0n) is 14.3. The molecule has 128 valence electrons. The Hall–Kier alpha value is -0.923. The molecule has 1 heterocycles. The minimum atomic E-state index is -1.90. The smallest absolute Gasteiger partial charge is 0.326 e. The summed E-state index contributed by atoms with van der Waals surface area (Å²) >= 11 is 0. The van der Waals surface area contributed by atoms with Gasteiger partial charge in [-0.25, -0.2) is 4.79 Å². The first-order valence-corrected chi connectivity index (χ1v) is 10.7. The van der Waals surface area contributed by atoms with Gasteiger partial charge in [-0.05, 0) is 31.0 Å². The molecule has 0 spiro atoms. The average molecular weight is 331 g/mol. The average Bonchev–Trinajstić information content (AvgIpc) is 2.89. The fourth-order valence-corrected chi connectivity index (χ4v) is 3.02. The minimum Gasteiger partial charge on any atom is -0.480 e. The van der Waals surface area contributed by atoms with Crippen LogP contribution >= 0.6 is 0 Å². The van der Waals surface area contributed by atoms with Crippen LogP contribution in [0.3, 0.4) is 0 Å². The molecule has 0 bridgehead atoms. The standard InChI is InChI=1S/C15H29NO5Si/c1-15(2,3)22(4,5)21-10-8-11(14(18)19)16-13(17)12-7-6-9-20-12/h11-12H,6-10H2,1-5H3,(H,16,17)(H,18,19)/t11-,12-/m1/s1. The molecule has 0 unspecified atom stereocenters. The number of hydrogen-bond acceptors (Lipinski definition) is 4. The largest absolute Gasteiger partial charge is 0.480 e. The molecule has 6 nitrogen and oxygen atoms in total. The van der Waals surface area contributed by atoms with E-state index in [1.165, 1.54) is 0 Å². The molecule has 1 aliphatic rings. The van der Waals surface area contributed by atoms with E-state index in [0.29, 0.717) is 19.6 Å². The number of ether oxygens (including phenoxy) is 1. The van der Waals surface area contributed by atoms with E-state index in [1.807, 2.05) is 0 Å². The zero-order valence-corrected chi connectivity index (χ0v) is 15.3. The number of aliphatic carboxylic acids is 1. The predicted octanol–water partition coefficient (Wildman–Crippen LogP) is 2.15. The van der Waals surface area contributed by atoms with Crippen LogP contribution in [0.5, 0.6) is 0 Å². The van der Waals surface area contributed by atoms with Crippen molar-refractivity contribution < 1.29 is 23.9 Å². The molecule has 1 aliphatic heterocycles. The van der Waals surface area contributed by atoms with Crippen LogP contribution in [0.25, 0.3) is 0 Å². The summed E-state index contributed by atoms with van der Waals surface area (Å²) in [5, 5.41) is 11.9. The number of hydrogen-bond donors (Lipinski definition) is 2. The van der Waals surface area contributed by atoms with Gasteiger partial charge in [0.15, 0.2) is 8.32 Å². The van der Waals surface area contributed by atoms with E-state index >= 15 is 0 Å². The summed E-state index contributed by atoms with van der Waals surface area (Å²) in [5.41, 5.74) is 0. The van der Waals surface area contributed by atoms with Gasteiger partial charge in [0.25, 0.3) is 0 Å². The molecule has 0 aromatic heterocycles. The Morgan fingerprint density at radius 2 is 2.05 bits per heavy atom. The van der Waals surface area contributed by atoms with Gasteiger partial charge in [-0.2, -0.15) is 0 Å². The predicted molar refractivity (Wildman–Crippen MR) is 86.3 cm³/mol. The Kier molecular flexibility index (Phi) is 6.58. The number of carbonyl (C=O) groups excluding carboxylic acids is 1. The van der Waals surface area contributed by atoms with Crippen molar-refractivity contribution in [2.24, 2.45) is 0 Å². The third kappa shape index (κ3) is 5.37. The maximum atomic E-state index is 11.9. The second kappa shape index (κ2) is 7.57. The third-order valence-corrected chi connectivity index (χ3v) is 9.05. The van der Waals surface area contributed by atoms with Crippen molar-refractivity contribution in [1.82, 2.24) is 5.32 Å². The molecule has 0 saturated carbocycles. The lowest BCUT2D eigenvalue weighted by molar-refractivity contribution is -0.144. The van der Waals surface area contributed by atoms with E-state index in [1.54, 1.807) is 0 Å².